The van der Waals surface area contributed by atoms with Crippen molar-refractivity contribution < 1.29 is 4.74 Å². The summed E-state index contributed by atoms with van der Waals surface area (Å²) >= 11 is 8.19. The molecule has 0 fully saturated rings. The zero-order valence-electron chi connectivity index (χ0n) is 6.83. The highest BCUT2D eigenvalue weighted by molar-refractivity contribution is 9.11. The molecular formula is C9H4Br2NOS. The minimum absolute atomic E-state index is 0.558. The van der Waals surface area contributed by atoms with E-state index in [1.54, 1.807) is 5.38 Å². The molecule has 0 aliphatic rings. The highest BCUT2D eigenvalue weighted by Gasteiger charge is 2.07. The van der Waals surface area contributed by atoms with Gasteiger partial charge in [-0.2, -0.15) is 4.98 Å². The lowest BCUT2D eigenvalue weighted by Crippen LogP contribution is -1.86. The second kappa shape index (κ2) is 4.42. The molecule has 2 aromatic rings. The van der Waals surface area contributed by atoms with Crippen LogP contribution < -0.4 is 4.74 Å². The van der Waals surface area contributed by atoms with Crippen molar-refractivity contribution in [2.75, 3.05) is 0 Å². The van der Waals surface area contributed by atoms with Crippen LogP contribution in [0.25, 0.3) is 0 Å². The van der Waals surface area contributed by atoms with Crippen molar-refractivity contribution in [2.45, 2.75) is 0 Å². The van der Waals surface area contributed by atoms with Crippen molar-refractivity contribution in [3.8, 4) is 11.6 Å². The average molecular weight is 334 g/mol. The Morgan fingerprint density at radius 2 is 2.00 bits per heavy atom. The van der Waals surface area contributed by atoms with E-state index < -0.39 is 0 Å². The van der Waals surface area contributed by atoms with E-state index in [4.69, 9.17) is 4.74 Å². The smallest absolute Gasteiger partial charge is 0.230 e. The third-order valence-electron chi connectivity index (χ3n) is 1.49. The lowest BCUT2D eigenvalue weighted by Gasteiger charge is -2.06. The molecule has 0 N–H and O–H groups in total. The first-order valence-electron chi connectivity index (χ1n) is 3.71. The van der Waals surface area contributed by atoms with E-state index in [2.05, 4.69) is 42.4 Å². The van der Waals surface area contributed by atoms with Crippen molar-refractivity contribution in [1.29, 1.82) is 0 Å². The first-order valence-corrected chi connectivity index (χ1v) is 6.17. The van der Waals surface area contributed by atoms with E-state index in [0.29, 0.717) is 5.88 Å². The number of benzene rings is 1. The third kappa shape index (κ3) is 2.16. The number of para-hydroxylation sites is 1. The van der Waals surface area contributed by atoms with Crippen LogP contribution in [0.4, 0.5) is 0 Å². The SMILES string of the molecule is Brc1cccc(Br)c1Oc1cs[c]n1. The summed E-state index contributed by atoms with van der Waals surface area (Å²) in [7, 11) is 0. The number of thiazole rings is 1. The molecule has 0 aliphatic carbocycles. The second-order valence-electron chi connectivity index (χ2n) is 2.43. The van der Waals surface area contributed by atoms with Gasteiger partial charge in [-0.25, -0.2) is 0 Å². The lowest BCUT2D eigenvalue weighted by atomic mass is 10.3. The standard InChI is InChI=1S/C9H4Br2NOS/c10-6-2-1-3-7(11)9(6)13-8-4-14-5-12-8/h1-4H. The maximum Gasteiger partial charge on any atom is 0.230 e. The average Bonchev–Trinajstić information content (AvgIpc) is 2.64. The fraction of sp³-hybridized carbons (Fsp3) is 0. The summed E-state index contributed by atoms with van der Waals surface area (Å²) in [6, 6.07) is 5.75. The minimum Gasteiger partial charge on any atom is -0.436 e. The fourth-order valence-corrected chi connectivity index (χ4v) is 2.46. The van der Waals surface area contributed by atoms with Gasteiger partial charge < -0.3 is 4.74 Å². The summed E-state index contributed by atoms with van der Waals surface area (Å²) in [6.07, 6.45) is 0. The molecule has 2 rings (SSSR count). The predicted octanol–water partition coefficient (Wildman–Crippen LogP) is 4.26. The Bertz CT molecular complexity index is 410. The molecule has 0 aliphatic heterocycles. The molecule has 5 heteroatoms. The van der Waals surface area contributed by atoms with Crippen molar-refractivity contribution in [3.05, 3.63) is 38.0 Å². The molecule has 0 saturated heterocycles. The summed E-state index contributed by atoms with van der Waals surface area (Å²) in [5.41, 5.74) is 2.72. The Labute approximate surface area is 102 Å². The highest BCUT2D eigenvalue weighted by Crippen LogP contribution is 2.35. The molecule has 1 aromatic carbocycles. The van der Waals surface area contributed by atoms with Crippen LogP contribution in [0.3, 0.4) is 0 Å². The van der Waals surface area contributed by atoms with Crippen LogP contribution in [0.1, 0.15) is 0 Å². The van der Waals surface area contributed by atoms with Gasteiger partial charge in [0.1, 0.15) is 0 Å². The van der Waals surface area contributed by atoms with E-state index in [0.717, 1.165) is 14.7 Å². The number of nitrogens with zero attached hydrogens (tertiary/aromatic N) is 1. The first kappa shape index (κ1) is 10.1. The van der Waals surface area contributed by atoms with Gasteiger partial charge in [0.05, 0.1) is 14.3 Å². The zero-order valence-corrected chi connectivity index (χ0v) is 10.8. The Hall–Kier alpha value is -0.390. The quantitative estimate of drug-likeness (QED) is 0.819. The topological polar surface area (TPSA) is 22.1 Å². The van der Waals surface area contributed by atoms with E-state index >= 15 is 0 Å². The van der Waals surface area contributed by atoms with E-state index in [9.17, 15) is 0 Å². The number of ether oxygens (including phenoxy) is 1. The lowest BCUT2D eigenvalue weighted by molar-refractivity contribution is 0.460. The van der Waals surface area contributed by atoms with Crippen LogP contribution in [0.15, 0.2) is 32.5 Å². The van der Waals surface area contributed by atoms with Crippen LogP contribution in [-0.2, 0) is 0 Å². The molecule has 2 nitrogen and oxygen atoms in total. The molecule has 1 heterocycles. The second-order valence-corrected chi connectivity index (χ2v) is 4.79. The van der Waals surface area contributed by atoms with Crippen LogP contribution in [0.2, 0.25) is 0 Å². The summed E-state index contributed by atoms with van der Waals surface area (Å²) < 4.78 is 7.33. The van der Waals surface area contributed by atoms with Gasteiger partial charge in [-0.3, -0.25) is 0 Å². The van der Waals surface area contributed by atoms with Crippen LogP contribution >= 0.6 is 43.2 Å². The zero-order chi connectivity index (χ0) is 9.97. The van der Waals surface area contributed by atoms with Gasteiger partial charge in [0.2, 0.25) is 5.88 Å². The maximum atomic E-state index is 5.55. The van der Waals surface area contributed by atoms with E-state index in [1.165, 1.54) is 11.3 Å². The molecule has 0 spiro atoms. The van der Waals surface area contributed by atoms with Crippen molar-refractivity contribution in [1.82, 2.24) is 4.98 Å². The molecule has 1 aromatic heterocycles. The van der Waals surface area contributed by atoms with Crippen LogP contribution in [-0.4, -0.2) is 4.98 Å². The van der Waals surface area contributed by atoms with Crippen molar-refractivity contribution >= 4 is 43.2 Å². The molecule has 71 valence electrons. The number of hydrogen-bond acceptors (Lipinski definition) is 3. The van der Waals surface area contributed by atoms with E-state index in [-0.39, 0.29) is 0 Å². The largest absolute Gasteiger partial charge is 0.436 e. The molecule has 0 amide bonds. The molecular weight excluding hydrogens is 330 g/mol. The van der Waals surface area contributed by atoms with Crippen molar-refractivity contribution in [3.63, 3.8) is 0 Å². The fourth-order valence-electron chi connectivity index (χ4n) is 0.906. The number of hydrogen-bond donors (Lipinski definition) is 0. The molecule has 0 unspecified atom stereocenters. The third-order valence-corrected chi connectivity index (χ3v) is 3.26. The van der Waals surface area contributed by atoms with Crippen LogP contribution in [0.5, 0.6) is 11.6 Å². The normalized spacial score (nSPS) is 10.1. The summed E-state index contributed by atoms with van der Waals surface area (Å²) in [5, 5.41) is 1.80. The van der Waals surface area contributed by atoms with Crippen LogP contribution in [0, 0.1) is 5.51 Å². The molecule has 0 saturated carbocycles. The molecule has 0 bridgehead atoms. The highest BCUT2D eigenvalue weighted by atomic mass is 79.9. The maximum absolute atomic E-state index is 5.55. The Morgan fingerprint density at radius 3 is 2.57 bits per heavy atom. The van der Waals surface area contributed by atoms with E-state index in [1.807, 2.05) is 18.2 Å². The first-order chi connectivity index (χ1) is 6.77. The Morgan fingerprint density at radius 1 is 1.29 bits per heavy atom. The van der Waals surface area contributed by atoms with Gasteiger partial charge in [-0.05, 0) is 44.0 Å². The number of halogens is 2. The molecule has 0 atom stereocenters. The van der Waals surface area contributed by atoms with Gasteiger partial charge in [0.25, 0.3) is 0 Å². The summed E-state index contributed by atoms with van der Waals surface area (Å²) in [5.74, 6) is 1.29. The Kier molecular flexibility index (Phi) is 3.20. The van der Waals surface area contributed by atoms with Gasteiger partial charge >= 0.3 is 0 Å². The molecule has 14 heavy (non-hydrogen) atoms. The number of aromatic nitrogens is 1. The monoisotopic (exact) mass is 332 g/mol. The van der Waals surface area contributed by atoms with Gasteiger partial charge in [-0.15, -0.1) is 11.3 Å². The predicted molar refractivity (Wildman–Crippen MR) is 62.9 cm³/mol. The van der Waals surface area contributed by atoms with Gasteiger partial charge in [0, 0.05) is 0 Å². The minimum atomic E-state index is 0.558. The Balaban J connectivity index is 2.33. The van der Waals surface area contributed by atoms with Gasteiger partial charge in [-0.1, -0.05) is 6.07 Å². The number of rotatable bonds is 2. The summed E-state index contributed by atoms with van der Waals surface area (Å²) in [6.45, 7) is 0. The van der Waals surface area contributed by atoms with Crippen molar-refractivity contribution in [2.24, 2.45) is 0 Å². The summed E-state index contributed by atoms with van der Waals surface area (Å²) in [4.78, 5) is 3.92. The molecule has 1 radical (unpaired) electrons. The van der Waals surface area contributed by atoms with Gasteiger partial charge in [0.15, 0.2) is 11.3 Å².